The maximum absolute atomic E-state index is 13.3. The molecule has 0 aliphatic carbocycles. The van der Waals surface area contributed by atoms with Crippen LogP contribution in [0.5, 0.6) is 5.88 Å². The largest absolute Gasteiger partial charge is 0.481 e. The molecular weight excluding hydrogens is 388 g/mol. The average Bonchev–Trinajstić information content (AvgIpc) is 2.71. The number of halogens is 1. The zero-order valence-electron chi connectivity index (χ0n) is 17.8. The number of carbonyl (C=O) groups is 1. The summed E-state index contributed by atoms with van der Waals surface area (Å²) in [5.74, 6) is 1.02. The quantitative estimate of drug-likeness (QED) is 0.763. The summed E-state index contributed by atoms with van der Waals surface area (Å²) in [5, 5.41) is 4.05. The van der Waals surface area contributed by atoms with Gasteiger partial charge >= 0.3 is 0 Å². The minimum absolute atomic E-state index is 0.0358. The Kier molecular flexibility index (Phi) is 6.32. The molecule has 3 rings (SSSR count). The zero-order chi connectivity index (χ0) is 21.2. The summed E-state index contributed by atoms with van der Waals surface area (Å²) in [6, 6.07) is 5.91. The number of methoxy groups -OCH3 is 1. The van der Waals surface area contributed by atoms with E-state index in [1.54, 1.807) is 13.2 Å². The van der Waals surface area contributed by atoms with Crippen LogP contribution >= 0.6 is 11.6 Å². The Morgan fingerprint density at radius 3 is 2.90 bits per heavy atom. The molecule has 7 heteroatoms. The number of anilines is 1. The third-order valence-corrected chi connectivity index (χ3v) is 5.94. The molecule has 0 fully saturated rings. The Hall–Kier alpha value is -2.34. The van der Waals surface area contributed by atoms with Crippen molar-refractivity contribution in [3.8, 4) is 5.88 Å². The Morgan fingerprint density at radius 2 is 2.21 bits per heavy atom. The summed E-state index contributed by atoms with van der Waals surface area (Å²) >= 11 is 6.32. The van der Waals surface area contributed by atoms with E-state index in [-0.39, 0.29) is 17.4 Å². The zero-order valence-corrected chi connectivity index (χ0v) is 18.5. The van der Waals surface area contributed by atoms with Crippen LogP contribution in [0.3, 0.4) is 0 Å². The van der Waals surface area contributed by atoms with E-state index in [4.69, 9.17) is 16.3 Å². The van der Waals surface area contributed by atoms with Crippen molar-refractivity contribution in [2.75, 3.05) is 25.5 Å². The molecule has 29 heavy (non-hydrogen) atoms. The lowest BCUT2D eigenvalue weighted by atomic mass is 9.88. The Bertz CT molecular complexity index is 904. The first-order chi connectivity index (χ1) is 13.8. The molecule has 6 nitrogen and oxygen atoms in total. The van der Waals surface area contributed by atoms with Crippen LogP contribution in [0.1, 0.15) is 49.9 Å². The number of nitrogens with one attached hydrogen (secondary N) is 1. The number of aromatic nitrogens is 2. The summed E-state index contributed by atoms with van der Waals surface area (Å²) in [4.78, 5) is 23.9. The molecule has 1 amide bonds. The summed E-state index contributed by atoms with van der Waals surface area (Å²) in [7, 11) is 1.55. The van der Waals surface area contributed by atoms with Crippen molar-refractivity contribution in [3.05, 3.63) is 46.2 Å². The van der Waals surface area contributed by atoms with Crippen molar-refractivity contribution in [3.63, 3.8) is 0 Å². The third-order valence-electron chi connectivity index (χ3n) is 5.62. The highest BCUT2D eigenvalue weighted by atomic mass is 35.5. The highest BCUT2D eigenvalue weighted by Crippen LogP contribution is 2.32. The second-order valence-corrected chi connectivity index (χ2v) is 8.38. The lowest BCUT2D eigenvalue weighted by Crippen LogP contribution is -2.51. The molecule has 156 valence electrons. The lowest BCUT2D eigenvalue weighted by molar-refractivity contribution is -0.133. The van der Waals surface area contributed by atoms with Crippen LogP contribution in [0.4, 0.5) is 5.82 Å². The number of likely N-dealkylation sites (N-methyl/N-ethyl adjacent to an activating group) is 1. The van der Waals surface area contributed by atoms with Crippen LogP contribution in [0.15, 0.2) is 24.4 Å². The average molecular weight is 417 g/mol. The molecule has 1 N–H and O–H groups in total. The molecule has 2 atom stereocenters. The number of amides is 1. The lowest BCUT2D eigenvalue weighted by Gasteiger charge is -2.40. The molecule has 0 saturated carbocycles. The summed E-state index contributed by atoms with van der Waals surface area (Å²) < 4.78 is 5.20. The van der Waals surface area contributed by atoms with Crippen molar-refractivity contribution in [1.82, 2.24) is 14.9 Å². The molecule has 0 aromatic carbocycles. The van der Waals surface area contributed by atoms with Crippen LogP contribution < -0.4 is 10.1 Å². The number of hydrogen-bond donors (Lipinski definition) is 1. The Morgan fingerprint density at radius 1 is 1.45 bits per heavy atom. The van der Waals surface area contributed by atoms with Gasteiger partial charge in [-0.1, -0.05) is 17.7 Å². The summed E-state index contributed by atoms with van der Waals surface area (Å²) in [5.41, 5.74) is 2.70. The van der Waals surface area contributed by atoms with Crippen molar-refractivity contribution >= 4 is 23.3 Å². The molecule has 2 aromatic rings. The number of aryl methyl sites for hydroxylation is 2. The van der Waals surface area contributed by atoms with E-state index in [9.17, 15) is 4.79 Å². The number of rotatable bonds is 6. The second kappa shape index (κ2) is 8.57. The van der Waals surface area contributed by atoms with E-state index in [0.29, 0.717) is 24.0 Å². The first-order valence-corrected chi connectivity index (χ1v) is 10.4. The van der Waals surface area contributed by atoms with E-state index < -0.39 is 0 Å². The normalized spacial score (nSPS) is 19.1. The van der Waals surface area contributed by atoms with Gasteiger partial charge in [0, 0.05) is 31.0 Å². The molecule has 0 unspecified atom stereocenters. The number of carbonyl (C=O) groups excluding carboxylic acids is 1. The van der Waals surface area contributed by atoms with Crippen LogP contribution in [-0.2, 0) is 11.2 Å². The number of hydrogen-bond acceptors (Lipinski definition) is 5. The van der Waals surface area contributed by atoms with Gasteiger partial charge in [0.2, 0.25) is 11.8 Å². The van der Waals surface area contributed by atoms with Crippen molar-refractivity contribution in [2.24, 2.45) is 0 Å². The maximum atomic E-state index is 13.3. The minimum Gasteiger partial charge on any atom is -0.481 e. The molecule has 1 aliphatic heterocycles. The maximum Gasteiger partial charge on any atom is 0.229 e. The smallest absolute Gasteiger partial charge is 0.229 e. The molecule has 0 radical (unpaired) electrons. The molecule has 0 bridgehead atoms. The van der Waals surface area contributed by atoms with Gasteiger partial charge in [-0.05, 0) is 57.7 Å². The van der Waals surface area contributed by atoms with Crippen LogP contribution in [0.2, 0.25) is 5.02 Å². The van der Waals surface area contributed by atoms with Gasteiger partial charge in [-0.25, -0.2) is 9.97 Å². The van der Waals surface area contributed by atoms with Gasteiger partial charge < -0.3 is 15.0 Å². The second-order valence-electron chi connectivity index (χ2n) is 7.97. The number of pyridine rings is 2. The first kappa shape index (κ1) is 21.4. The van der Waals surface area contributed by atoms with Crippen molar-refractivity contribution in [2.45, 2.75) is 52.0 Å². The Balaban J connectivity index is 1.78. The van der Waals surface area contributed by atoms with Crippen LogP contribution in [0.25, 0.3) is 0 Å². The number of nitrogens with zero attached hydrogens (tertiary/aromatic N) is 3. The van der Waals surface area contributed by atoms with Gasteiger partial charge in [0.25, 0.3) is 0 Å². The molecular formula is C22H29ClN4O2. The number of ether oxygens (including phenoxy) is 1. The number of fused-ring (bicyclic) bond motifs is 1. The summed E-state index contributed by atoms with van der Waals surface area (Å²) in [6.07, 6.45) is 3.41. The van der Waals surface area contributed by atoms with E-state index in [1.165, 1.54) is 11.8 Å². The fraction of sp³-hybridized carbons (Fsp3) is 0.500. The van der Waals surface area contributed by atoms with Gasteiger partial charge in [-0.2, -0.15) is 0 Å². The van der Waals surface area contributed by atoms with Crippen LogP contribution in [0, 0.1) is 6.92 Å². The highest BCUT2D eigenvalue weighted by Gasteiger charge is 2.34. The van der Waals surface area contributed by atoms with Gasteiger partial charge in [0.05, 0.1) is 23.6 Å². The van der Waals surface area contributed by atoms with E-state index in [0.717, 1.165) is 29.9 Å². The molecule has 1 aliphatic rings. The standard InChI is InChI=1S/C22H29ClN4O2/c1-6-27(21(28)15(3)17-11-19(29-5)24-12-18(17)23)13-22(4)10-9-16-8-7-14(2)25-20(16)26-22/h7-8,11-12,15H,6,9-10,13H2,1-5H3,(H,25,26)/t15-,22-/m1/s1. The topological polar surface area (TPSA) is 67.4 Å². The molecule has 0 spiro atoms. The van der Waals surface area contributed by atoms with Gasteiger partial charge in [-0.3, -0.25) is 4.79 Å². The van der Waals surface area contributed by atoms with E-state index >= 15 is 0 Å². The Labute approximate surface area is 177 Å². The van der Waals surface area contributed by atoms with Gasteiger partial charge in [0.15, 0.2) is 0 Å². The fourth-order valence-electron chi connectivity index (χ4n) is 3.82. The van der Waals surface area contributed by atoms with Crippen molar-refractivity contribution in [1.29, 1.82) is 0 Å². The summed E-state index contributed by atoms with van der Waals surface area (Å²) in [6.45, 7) is 9.24. The molecule has 0 saturated heterocycles. The highest BCUT2D eigenvalue weighted by molar-refractivity contribution is 6.31. The van der Waals surface area contributed by atoms with Gasteiger partial charge in [0.1, 0.15) is 5.82 Å². The predicted molar refractivity (Wildman–Crippen MR) is 116 cm³/mol. The predicted octanol–water partition coefficient (Wildman–Crippen LogP) is 4.22. The molecule has 2 aromatic heterocycles. The monoisotopic (exact) mass is 416 g/mol. The third kappa shape index (κ3) is 4.64. The van der Waals surface area contributed by atoms with E-state index in [2.05, 4.69) is 28.3 Å². The first-order valence-electron chi connectivity index (χ1n) is 9.99. The van der Waals surface area contributed by atoms with Gasteiger partial charge in [-0.15, -0.1) is 0 Å². The van der Waals surface area contributed by atoms with Crippen molar-refractivity contribution < 1.29 is 9.53 Å². The molecule has 3 heterocycles. The van der Waals surface area contributed by atoms with E-state index in [1.807, 2.05) is 31.7 Å². The fourth-order valence-corrected chi connectivity index (χ4v) is 4.09. The van der Waals surface area contributed by atoms with Crippen LogP contribution in [-0.4, -0.2) is 46.5 Å². The SMILES string of the molecule is CCN(C[C@@]1(C)CCc2ccc(C)nc2N1)C(=O)[C@H](C)c1cc(OC)ncc1Cl. The minimum atomic E-state index is -0.390.